The molecular weight excluding hydrogens is 228 g/mol. The van der Waals surface area contributed by atoms with Gasteiger partial charge in [-0.2, -0.15) is 0 Å². The van der Waals surface area contributed by atoms with Crippen LogP contribution < -0.4 is 5.73 Å². The summed E-state index contributed by atoms with van der Waals surface area (Å²) < 4.78 is 0. The normalized spacial score (nSPS) is 9.56. The summed E-state index contributed by atoms with van der Waals surface area (Å²) in [7, 11) is 0. The number of benzene rings is 1. The minimum Gasteiger partial charge on any atom is -0.366 e. The molecule has 18 heavy (non-hydrogen) atoms. The summed E-state index contributed by atoms with van der Waals surface area (Å²) in [6, 6.07) is 7.45. The van der Waals surface area contributed by atoms with Crippen molar-refractivity contribution in [1.82, 2.24) is 0 Å². The van der Waals surface area contributed by atoms with Crippen molar-refractivity contribution in [1.29, 1.82) is 0 Å². The Hall–Kier alpha value is -2.26. The van der Waals surface area contributed by atoms with Crippen LogP contribution >= 0.6 is 0 Å². The first-order valence-corrected chi connectivity index (χ1v) is 5.75. The molecule has 0 spiro atoms. The zero-order valence-electron chi connectivity index (χ0n) is 10.2. The van der Waals surface area contributed by atoms with E-state index in [9.17, 15) is 4.79 Å². The Morgan fingerprint density at radius 3 is 2.56 bits per heavy atom. The molecular formula is C13H16N4O. The van der Waals surface area contributed by atoms with E-state index in [1.165, 1.54) is 5.56 Å². The van der Waals surface area contributed by atoms with Gasteiger partial charge in [-0.05, 0) is 36.8 Å². The Morgan fingerprint density at radius 2 is 2.00 bits per heavy atom. The standard InChI is InChI=1S/C13H16N4O/c1-10(13(14)18)4-2-3-5-11-6-8-12(9-7-11)16-17-15/h6-9H,1-5H2,(H2,14,18). The van der Waals surface area contributed by atoms with E-state index < -0.39 is 5.91 Å². The largest absolute Gasteiger partial charge is 0.366 e. The molecule has 0 fully saturated rings. The van der Waals surface area contributed by atoms with Gasteiger partial charge in [0.25, 0.3) is 0 Å². The Kier molecular flexibility index (Phi) is 5.48. The van der Waals surface area contributed by atoms with Gasteiger partial charge in [0, 0.05) is 16.2 Å². The van der Waals surface area contributed by atoms with Gasteiger partial charge in [-0.1, -0.05) is 36.0 Å². The van der Waals surface area contributed by atoms with Crippen molar-refractivity contribution in [3.8, 4) is 0 Å². The summed E-state index contributed by atoms with van der Waals surface area (Å²) in [5, 5.41) is 3.50. The molecule has 5 heteroatoms. The Bertz CT molecular complexity index is 472. The monoisotopic (exact) mass is 244 g/mol. The number of carbonyl (C=O) groups is 1. The summed E-state index contributed by atoms with van der Waals surface area (Å²) in [6.07, 6.45) is 3.42. The molecule has 1 rings (SSSR count). The van der Waals surface area contributed by atoms with Crippen molar-refractivity contribution in [2.45, 2.75) is 25.7 Å². The van der Waals surface area contributed by atoms with Crippen molar-refractivity contribution in [2.24, 2.45) is 10.8 Å². The van der Waals surface area contributed by atoms with Gasteiger partial charge in [0.05, 0.1) is 0 Å². The molecule has 1 amide bonds. The van der Waals surface area contributed by atoms with Crippen molar-refractivity contribution in [2.75, 3.05) is 0 Å². The minimum atomic E-state index is -0.422. The average molecular weight is 244 g/mol. The van der Waals surface area contributed by atoms with Crippen LogP contribution in [0.25, 0.3) is 10.4 Å². The van der Waals surface area contributed by atoms with E-state index in [1.54, 1.807) is 12.1 Å². The van der Waals surface area contributed by atoms with Crippen LogP contribution in [0.1, 0.15) is 24.8 Å². The van der Waals surface area contributed by atoms with E-state index in [4.69, 9.17) is 11.3 Å². The SMILES string of the molecule is C=C(CCCCc1ccc(N=[N+]=[N-])cc1)C(N)=O. The van der Waals surface area contributed by atoms with Crippen molar-refractivity contribution < 1.29 is 4.79 Å². The fourth-order valence-electron chi connectivity index (χ4n) is 1.57. The van der Waals surface area contributed by atoms with Crippen LogP contribution in [0.15, 0.2) is 41.5 Å². The number of nitrogens with two attached hydrogens (primary N) is 1. The third-order valence-electron chi connectivity index (χ3n) is 2.64. The van der Waals surface area contributed by atoms with E-state index in [0.717, 1.165) is 19.3 Å². The van der Waals surface area contributed by atoms with Gasteiger partial charge < -0.3 is 5.73 Å². The van der Waals surface area contributed by atoms with Crippen LogP contribution in [0.3, 0.4) is 0 Å². The van der Waals surface area contributed by atoms with E-state index in [1.807, 2.05) is 12.1 Å². The number of rotatable bonds is 7. The summed E-state index contributed by atoms with van der Waals surface area (Å²) in [5.74, 6) is -0.422. The second-order valence-electron chi connectivity index (χ2n) is 4.03. The van der Waals surface area contributed by atoms with Crippen molar-refractivity contribution >= 4 is 11.6 Å². The molecule has 0 unspecified atom stereocenters. The highest BCUT2D eigenvalue weighted by Gasteiger charge is 2.01. The summed E-state index contributed by atoms with van der Waals surface area (Å²) >= 11 is 0. The maximum Gasteiger partial charge on any atom is 0.244 e. The highest BCUT2D eigenvalue weighted by atomic mass is 16.1. The Labute approximate surface area is 106 Å². The first kappa shape index (κ1) is 13.8. The van der Waals surface area contributed by atoms with Crippen LogP contribution in [-0.2, 0) is 11.2 Å². The van der Waals surface area contributed by atoms with Crippen LogP contribution in [0.2, 0.25) is 0 Å². The second-order valence-corrected chi connectivity index (χ2v) is 4.03. The third kappa shape index (κ3) is 4.72. The molecule has 5 nitrogen and oxygen atoms in total. The van der Waals surface area contributed by atoms with E-state index in [2.05, 4.69) is 16.6 Å². The number of nitrogens with zero attached hydrogens (tertiary/aromatic N) is 3. The fraction of sp³-hybridized carbons (Fsp3) is 0.308. The number of amides is 1. The average Bonchev–Trinajstić information content (AvgIpc) is 2.36. The number of hydrogen-bond donors (Lipinski definition) is 1. The molecule has 0 aliphatic heterocycles. The molecule has 1 aromatic carbocycles. The number of unbranched alkanes of at least 4 members (excludes halogenated alkanes) is 1. The lowest BCUT2D eigenvalue weighted by molar-refractivity contribution is -0.114. The molecule has 0 aliphatic rings. The molecule has 0 atom stereocenters. The van der Waals surface area contributed by atoms with E-state index >= 15 is 0 Å². The maximum atomic E-state index is 10.7. The quantitative estimate of drug-likeness (QED) is 0.257. The van der Waals surface area contributed by atoms with Gasteiger partial charge in [-0.25, -0.2) is 0 Å². The van der Waals surface area contributed by atoms with Crippen LogP contribution in [0, 0.1) is 0 Å². The second kappa shape index (κ2) is 7.14. The first-order valence-electron chi connectivity index (χ1n) is 5.75. The Balaban J connectivity index is 2.33. The minimum absolute atomic E-state index is 0.422. The number of primary amides is 1. The number of hydrogen-bond acceptors (Lipinski definition) is 2. The van der Waals surface area contributed by atoms with Crippen molar-refractivity contribution in [3.63, 3.8) is 0 Å². The van der Waals surface area contributed by atoms with E-state index in [0.29, 0.717) is 17.7 Å². The molecule has 2 N–H and O–H groups in total. The number of azide groups is 1. The van der Waals surface area contributed by atoms with Crippen LogP contribution in [0.4, 0.5) is 5.69 Å². The highest BCUT2D eigenvalue weighted by molar-refractivity contribution is 5.91. The molecule has 1 aromatic rings. The highest BCUT2D eigenvalue weighted by Crippen LogP contribution is 2.15. The lowest BCUT2D eigenvalue weighted by Gasteiger charge is -2.03. The summed E-state index contributed by atoms with van der Waals surface area (Å²) in [5.41, 5.74) is 15.6. The number of aryl methyl sites for hydroxylation is 1. The van der Waals surface area contributed by atoms with Gasteiger partial charge in [0.1, 0.15) is 0 Å². The Morgan fingerprint density at radius 1 is 1.33 bits per heavy atom. The molecule has 0 saturated carbocycles. The lowest BCUT2D eigenvalue weighted by Crippen LogP contribution is -2.12. The summed E-state index contributed by atoms with van der Waals surface area (Å²) in [4.78, 5) is 13.5. The van der Waals surface area contributed by atoms with Crippen molar-refractivity contribution in [3.05, 3.63) is 52.4 Å². The van der Waals surface area contributed by atoms with Gasteiger partial charge >= 0.3 is 0 Å². The first-order chi connectivity index (χ1) is 8.63. The maximum absolute atomic E-state index is 10.7. The van der Waals surface area contributed by atoms with Gasteiger partial charge in [0.15, 0.2) is 0 Å². The third-order valence-corrected chi connectivity index (χ3v) is 2.64. The lowest BCUT2D eigenvalue weighted by atomic mass is 10.0. The van der Waals surface area contributed by atoms with Crippen LogP contribution in [-0.4, -0.2) is 5.91 Å². The van der Waals surface area contributed by atoms with Gasteiger partial charge in [-0.15, -0.1) is 0 Å². The van der Waals surface area contributed by atoms with Gasteiger partial charge in [0.2, 0.25) is 5.91 Å². The van der Waals surface area contributed by atoms with E-state index in [-0.39, 0.29) is 0 Å². The zero-order chi connectivity index (χ0) is 13.4. The fourth-order valence-corrected chi connectivity index (χ4v) is 1.57. The molecule has 0 saturated heterocycles. The smallest absolute Gasteiger partial charge is 0.244 e. The molecule has 0 aliphatic carbocycles. The summed E-state index contributed by atoms with van der Waals surface area (Å²) in [6.45, 7) is 3.61. The molecule has 94 valence electrons. The number of carbonyl (C=O) groups excluding carboxylic acids is 1. The van der Waals surface area contributed by atoms with Gasteiger partial charge in [-0.3, -0.25) is 4.79 Å². The topological polar surface area (TPSA) is 91.8 Å². The van der Waals surface area contributed by atoms with Crippen LogP contribution in [0.5, 0.6) is 0 Å². The predicted molar refractivity (Wildman–Crippen MR) is 71.1 cm³/mol. The molecule has 0 bridgehead atoms. The predicted octanol–water partition coefficient (Wildman–Crippen LogP) is 3.38. The zero-order valence-corrected chi connectivity index (χ0v) is 10.2. The molecule has 0 aromatic heterocycles. The molecule has 0 heterocycles. The molecule has 0 radical (unpaired) electrons.